The van der Waals surface area contributed by atoms with E-state index in [0.29, 0.717) is 18.4 Å². The summed E-state index contributed by atoms with van der Waals surface area (Å²) in [5.41, 5.74) is 10.3. The summed E-state index contributed by atoms with van der Waals surface area (Å²) >= 11 is 7.70. The third-order valence-corrected chi connectivity index (χ3v) is 13.0. The van der Waals surface area contributed by atoms with Gasteiger partial charge < -0.3 is 13.7 Å². The normalized spacial score (nSPS) is 12.9. The molecule has 2 heterocycles. The maximum Gasteiger partial charge on any atom is 0.248 e. The molecule has 0 radical (unpaired) electrons. The van der Waals surface area contributed by atoms with Gasteiger partial charge in [-0.25, -0.2) is 0 Å². The van der Waals surface area contributed by atoms with Crippen molar-refractivity contribution in [1.82, 2.24) is 14.8 Å². The van der Waals surface area contributed by atoms with Gasteiger partial charge in [-0.05, 0) is 121 Å². The number of aryl methyl sites for hydroxylation is 1. The number of nitrogens with zero attached hydrogens (tertiary/aromatic N) is 3. The average molecular weight is 894 g/mol. The molecule has 0 saturated heterocycles. The van der Waals surface area contributed by atoms with Gasteiger partial charge in [-0.3, -0.25) is 0 Å². The summed E-state index contributed by atoms with van der Waals surface area (Å²) in [7, 11) is 0. The zero-order valence-corrected chi connectivity index (χ0v) is 35.9. The highest BCUT2D eigenvalue weighted by molar-refractivity contribution is 9.10. The Hall–Kier alpha value is -4.98. The van der Waals surface area contributed by atoms with Crippen molar-refractivity contribution in [1.29, 1.82) is 0 Å². The van der Waals surface area contributed by atoms with Gasteiger partial charge in [0.05, 0.1) is 6.61 Å². The number of benzene rings is 6. The van der Waals surface area contributed by atoms with Gasteiger partial charge in [0.1, 0.15) is 5.75 Å². The van der Waals surface area contributed by atoms with Crippen LogP contribution in [-0.4, -0.2) is 21.4 Å². The number of hydrogen-bond donors (Lipinski definition) is 0. The number of ether oxygens (including phenoxy) is 1. The molecule has 1 aliphatic rings. The fourth-order valence-corrected chi connectivity index (χ4v) is 9.92. The molecule has 9 rings (SSSR count). The van der Waals surface area contributed by atoms with Gasteiger partial charge in [0.25, 0.3) is 0 Å². The lowest BCUT2D eigenvalue weighted by atomic mass is 9.70. The standard InChI is InChI=1S/C51H47Br2N3O2/c52-38-24-28-41-42-29-25-39(53)35-46(42)51(45(41)34-38,30-12-1-3-14-32-56-47-20-10-8-18-43(47)44-19-9-11-21-48(44)56)31-13-2-4-15-33-57-40-26-22-37(23-27-40)50-55-54-49(58-50)36-16-6-5-7-17-36/h5-11,16-29,34-35H,1-4,12-15,30-33H2. The summed E-state index contributed by atoms with van der Waals surface area (Å²) in [6, 6.07) is 49.4. The number of rotatable bonds is 17. The van der Waals surface area contributed by atoms with Crippen molar-refractivity contribution >= 4 is 53.7 Å². The van der Waals surface area contributed by atoms with E-state index in [-0.39, 0.29) is 5.41 Å². The first-order valence-electron chi connectivity index (χ1n) is 20.8. The molecule has 0 bridgehead atoms. The van der Waals surface area contributed by atoms with E-state index in [1.807, 2.05) is 54.6 Å². The molecule has 58 heavy (non-hydrogen) atoms. The minimum Gasteiger partial charge on any atom is -0.494 e. The molecule has 2 aromatic heterocycles. The van der Waals surface area contributed by atoms with E-state index in [0.717, 1.165) is 58.0 Å². The molecule has 0 fully saturated rings. The molecular weight excluding hydrogens is 846 g/mol. The summed E-state index contributed by atoms with van der Waals surface area (Å²) in [6.07, 6.45) is 11.7. The van der Waals surface area contributed by atoms with Gasteiger partial charge in [0.2, 0.25) is 11.8 Å². The number of unbranched alkanes of at least 4 members (excludes halogenated alkanes) is 6. The first-order valence-corrected chi connectivity index (χ1v) is 22.3. The van der Waals surface area contributed by atoms with Crippen molar-refractivity contribution in [3.8, 4) is 39.8 Å². The first-order chi connectivity index (χ1) is 28.6. The van der Waals surface area contributed by atoms with Crippen LogP contribution in [0.4, 0.5) is 0 Å². The Morgan fingerprint density at radius 3 is 1.64 bits per heavy atom. The Morgan fingerprint density at radius 1 is 0.517 bits per heavy atom. The lowest BCUT2D eigenvalue weighted by Gasteiger charge is -2.33. The second kappa shape index (κ2) is 17.5. The molecule has 292 valence electrons. The third kappa shape index (κ3) is 7.91. The van der Waals surface area contributed by atoms with Crippen molar-refractivity contribution in [2.75, 3.05) is 6.61 Å². The molecule has 1 aliphatic carbocycles. The van der Waals surface area contributed by atoms with Crippen LogP contribution in [0, 0.1) is 0 Å². The predicted octanol–water partition coefficient (Wildman–Crippen LogP) is 15.0. The summed E-state index contributed by atoms with van der Waals surface area (Å²) in [5, 5.41) is 11.2. The molecule has 0 saturated carbocycles. The fraction of sp³-hybridized carbons (Fsp3) is 0.255. The van der Waals surface area contributed by atoms with Crippen molar-refractivity contribution in [3.05, 3.63) is 160 Å². The Balaban J connectivity index is 0.805. The molecule has 6 aromatic carbocycles. The summed E-state index contributed by atoms with van der Waals surface area (Å²) < 4.78 is 16.9. The SMILES string of the molecule is Brc1ccc2c(c1)C(CCCCCCOc1ccc(-c3nnc(-c4ccccc4)o3)cc1)(CCCCCCn1c3ccccc3c3ccccc31)c1cc(Br)ccc1-2. The maximum atomic E-state index is 6.16. The van der Waals surface area contributed by atoms with Crippen molar-refractivity contribution < 1.29 is 9.15 Å². The molecule has 0 amide bonds. The van der Waals surface area contributed by atoms with Crippen LogP contribution in [0.3, 0.4) is 0 Å². The number of aromatic nitrogens is 3. The Bertz CT molecular complexity index is 2540. The van der Waals surface area contributed by atoms with Gasteiger partial charge in [0.15, 0.2) is 0 Å². The van der Waals surface area contributed by atoms with E-state index in [2.05, 4.69) is 132 Å². The molecule has 0 spiro atoms. The minimum atomic E-state index is 0.00351. The molecule has 5 nitrogen and oxygen atoms in total. The lowest BCUT2D eigenvalue weighted by Crippen LogP contribution is -2.25. The minimum absolute atomic E-state index is 0.00351. The van der Waals surface area contributed by atoms with Crippen LogP contribution < -0.4 is 4.74 Å². The van der Waals surface area contributed by atoms with Crippen LogP contribution in [0.5, 0.6) is 5.75 Å². The second-order valence-corrected chi connectivity index (χ2v) is 17.5. The van der Waals surface area contributed by atoms with Crippen LogP contribution in [0.1, 0.15) is 75.3 Å². The van der Waals surface area contributed by atoms with E-state index in [4.69, 9.17) is 9.15 Å². The van der Waals surface area contributed by atoms with Crippen molar-refractivity contribution in [2.45, 2.75) is 76.2 Å². The maximum absolute atomic E-state index is 6.16. The van der Waals surface area contributed by atoms with Crippen LogP contribution in [0.2, 0.25) is 0 Å². The molecular formula is C51H47Br2N3O2. The van der Waals surface area contributed by atoms with Crippen LogP contribution >= 0.6 is 31.9 Å². The fourth-order valence-electron chi connectivity index (χ4n) is 9.20. The van der Waals surface area contributed by atoms with Gasteiger partial charge in [0, 0.05) is 53.8 Å². The molecule has 0 atom stereocenters. The van der Waals surface area contributed by atoms with Gasteiger partial charge >= 0.3 is 0 Å². The van der Waals surface area contributed by atoms with Gasteiger partial charge in [-0.15, -0.1) is 10.2 Å². The highest BCUT2D eigenvalue weighted by Crippen LogP contribution is 2.55. The van der Waals surface area contributed by atoms with E-state index < -0.39 is 0 Å². The molecule has 0 N–H and O–H groups in total. The second-order valence-electron chi connectivity index (χ2n) is 15.6. The first kappa shape index (κ1) is 38.5. The third-order valence-electron chi connectivity index (χ3n) is 12.0. The molecule has 7 heteroatoms. The number of hydrogen-bond acceptors (Lipinski definition) is 4. The topological polar surface area (TPSA) is 53.1 Å². The summed E-state index contributed by atoms with van der Waals surface area (Å²) in [6.45, 7) is 1.75. The van der Waals surface area contributed by atoms with Crippen LogP contribution in [0.15, 0.2) is 153 Å². The Kier molecular flexibility index (Phi) is 11.6. The molecule has 0 unspecified atom stereocenters. The van der Waals surface area contributed by atoms with Gasteiger partial charge in [-0.1, -0.05) is 137 Å². The van der Waals surface area contributed by atoms with Crippen LogP contribution in [0.25, 0.3) is 55.8 Å². The predicted molar refractivity (Wildman–Crippen MR) is 244 cm³/mol. The molecule has 0 aliphatic heterocycles. The summed E-state index contributed by atoms with van der Waals surface area (Å²) in [5.74, 6) is 1.88. The average Bonchev–Trinajstić information content (AvgIpc) is 3.95. The van der Waals surface area contributed by atoms with Crippen LogP contribution in [-0.2, 0) is 12.0 Å². The Labute approximate surface area is 357 Å². The summed E-state index contributed by atoms with van der Waals surface area (Å²) in [4.78, 5) is 0. The largest absolute Gasteiger partial charge is 0.494 e. The zero-order chi connectivity index (χ0) is 39.3. The zero-order valence-electron chi connectivity index (χ0n) is 32.7. The van der Waals surface area contributed by atoms with E-state index in [1.54, 1.807) is 0 Å². The van der Waals surface area contributed by atoms with Gasteiger partial charge in [-0.2, -0.15) is 0 Å². The van der Waals surface area contributed by atoms with E-state index >= 15 is 0 Å². The van der Waals surface area contributed by atoms with E-state index in [1.165, 1.54) is 82.6 Å². The van der Waals surface area contributed by atoms with Crippen molar-refractivity contribution in [2.24, 2.45) is 0 Å². The van der Waals surface area contributed by atoms with E-state index in [9.17, 15) is 0 Å². The highest BCUT2D eigenvalue weighted by atomic mass is 79.9. The Morgan fingerprint density at radius 2 is 1.03 bits per heavy atom. The number of fused-ring (bicyclic) bond motifs is 6. The highest BCUT2D eigenvalue weighted by Gasteiger charge is 2.42. The van der Waals surface area contributed by atoms with Crippen molar-refractivity contribution in [3.63, 3.8) is 0 Å². The smallest absolute Gasteiger partial charge is 0.248 e. The number of para-hydroxylation sites is 2. The number of halogens is 2. The lowest BCUT2D eigenvalue weighted by molar-refractivity contribution is 0.302. The quantitative estimate of drug-likeness (QED) is 0.0855. The molecule has 8 aromatic rings. The monoisotopic (exact) mass is 891 g/mol.